The third-order valence-corrected chi connectivity index (χ3v) is 3.41. The number of ether oxygens (including phenoxy) is 1. The summed E-state index contributed by atoms with van der Waals surface area (Å²) in [7, 11) is 1.58. The van der Waals surface area contributed by atoms with Gasteiger partial charge in [-0.05, 0) is 41.1 Å². The molecule has 0 saturated heterocycles. The van der Waals surface area contributed by atoms with Crippen molar-refractivity contribution in [3.05, 3.63) is 34.6 Å². The van der Waals surface area contributed by atoms with Crippen LogP contribution in [-0.2, 0) is 6.54 Å². The number of anilines is 2. The number of methoxy groups -OCH3 is 1. The molecule has 0 atom stereocenters. The Balaban J connectivity index is 2.23. The predicted molar refractivity (Wildman–Crippen MR) is 81.0 cm³/mol. The van der Waals surface area contributed by atoms with Crippen molar-refractivity contribution in [2.45, 2.75) is 13.5 Å². The molecule has 2 aromatic rings. The Morgan fingerprint density at radius 1 is 1.55 bits per heavy atom. The Labute approximate surface area is 125 Å². The second-order valence-corrected chi connectivity index (χ2v) is 4.92. The zero-order valence-electron chi connectivity index (χ0n) is 11.2. The van der Waals surface area contributed by atoms with Crippen molar-refractivity contribution < 1.29 is 9.53 Å². The van der Waals surface area contributed by atoms with E-state index in [1.807, 2.05) is 6.92 Å². The van der Waals surface area contributed by atoms with Gasteiger partial charge in [0, 0.05) is 12.2 Å². The van der Waals surface area contributed by atoms with Crippen LogP contribution < -0.4 is 15.8 Å². The summed E-state index contributed by atoms with van der Waals surface area (Å²) in [6.07, 6.45) is 1.47. The Morgan fingerprint density at radius 3 is 2.90 bits per heavy atom. The molecule has 0 fully saturated rings. The van der Waals surface area contributed by atoms with Gasteiger partial charge in [-0.25, -0.2) is 0 Å². The van der Waals surface area contributed by atoms with E-state index in [2.05, 4.69) is 26.3 Å². The van der Waals surface area contributed by atoms with Gasteiger partial charge in [-0.15, -0.1) is 0 Å². The van der Waals surface area contributed by atoms with E-state index in [4.69, 9.17) is 10.5 Å². The van der Waals surface area contributed by atoms with Gasteiger partial charge >= 0.3 is 0 Å². The molecule has 1 aromatic heterocycles. The minimum Gasteiger partial charge on any atom is -0.496 e. The number of hydrogen-bond acceptors (Lipinski definition) is 4. The summed E-state index contributed by atoms with van der Waals surface area (Å²) < 4.78 is 7.46. The molecule has 0 radical (unpaired) electrons. The number of nitrogens with two attached hydrogens (primary N) is 1. The second kappa shape index (κ2) is 5.96. The maximum absolute atomic E-state index is 12.2. The van der Waals surface area contributed by atoms with Crippen LogP contribution in [0.2, 0.25) is 0 Å². The molecule has 0 aliphatic heterocycles. The highest BCUT2D eigenvalue weighted by Crippen LogP contribution is 2.28. The first kappa shape index (κ1) is 14.4. The first-order valence-corrected chi connectivity index (χ1v) is 6.82. The molecule has 0 unspecified atom stereocenters. The number of carbonyl (C=O) groups is 1. The first-order valence-electron chi connectivity index (χ1n) is 6.03. The summed E-state index contributed by atoms with van der Waals surface area (Å²) in [5.74, 6) is 0.403. The van der Waals surface area contributed by atoms with Crippen LogP contribution in [0, 0.1) is 0 Å². The lowest BCUT2D eigenvalue weighted by molar-refractivity contribution is 0.101. The standard InChI is InChI=1S/C13H15BrN4O2/c1-3-18-12(10(15)7-16-18)13(19)17-8-4-5-11(20-2)9(14)6-8/h4-7H,3,15H2,1-2H3,(H,17,19). The lowest BCUT2D eigenvalue weighted by Crippen LogP contribution is -2.18. The molecule has 1 amide bonds. The summed E-state index contributed by atoms with van der Waals surface area (Å²) in [5, 5.41) is 6.83. The maximum Gasteiger partial charge on any atom is 0.276 e. The molecule has 0 aliphatic carbocycles. The third-order valence-electron chi connectivity index (χ3n) is 2.79. The van der Waals surface area contributed by atoms with Gasteiger partial charge in [0.05, 0.1) is 23.5 Å². The van der Waals surface area contributed by atoms with Gasteiger partial charge in [-0.3, -0.25) is 9.48 Å². The van der Waals surface area contributed by atoms with Crippen LogP contribution in [0.5, 0.6) is 5.75 Å². The normalized spacial score (nSPS) is 10.3. The van der Waals surface area contributed by atoms with Crippen molar-refractivity contribution in [2.75, 3.05) is 18.2 Å². The number of nitrogens with zero attached hydrogens (tertiary/aromatic N) is 2. The van der Waals surface area contributed by atoms with E-state index in [1.54, 1.807) is 30.0 Å². The van der Waals surface area contributed by atoms with Crippen LogP contribution in [0.3, 0.4) is 0 Å². The molecule has 7 heteroatoms. The Kier molecular flexibility index (Phi) is 4.29. The fourth-order valence-electron chi connectivity index (χ4n) is 1.82. The summed E-state index contributed by atoms with van der Waals surface area (Å²) >= 11 is 3.37. The van der Waals surface area contributed by atoms with Crippen molar-refractivity contribution in [3.8, 4) is 5.75 Å². The number of rotatable bonds is 4. The fourth-order valence-corrected chi connectivity index (χ4v) is 2.36. The largest absolute Gasteiger partial charge is 0.496 e. The summed E-state index contributed by atoms with van der Waals surface area (Å²) in [5.41, 5.74) is 7.14. The van der Waals surface area contributed by atoms with E-state index in [0.29, 0.717) is 29.4 Å². The minimum atomic E-state index is -0.293. The molecule has 0 spiro atoms. The van der Waals surface area contributed by atoms with Crippen molar-refractivity contribution >= 4 is 33.2 Å². The van der Waals surface area contributed by atoms with Crippen LogP contribution in [0.25, 0.3) is 0 Å². The number of benzene rings is 1. The van der Waals surface area contributed by atoms with E-state index in [9.17, 15) is 4.79 Å². The van der Waals surface area contributed by atoms with Crippen molar-refractivity contribution in [1.82, 2.24) is 9.78 Å². The molecule has 1 aromatic carbocycles. The molecule has 0 saturated carbocycles. The molecular formula is C13H15BrN4O2. The molecular weight excluding hydrogens is 324 g/mol. The van der Waals surface area contributed by atoms with Crippen LogP contribution in [0.4, 0.5) is 11.4 Å². The molecule has 0 bridgehead atoms. The number of carbonyl (C=O) groups excluding carboxylic acids is 1. The number of nitrogen functional groups attached to an aromatic ring is 1. The lowest BCUT2D eigenvalue weighted by atomic mass is 10.2. The number of halogens is 1. The maximum atomic E-state index is 12.2. The topological polar surface area (TPSA) is 82.2 Å². The zero-order chi connectivity index (χ0) is 14.7. The molecule has 3 N–H and O–H groups in total. The quantitative estimate of drug-likeness (QED) is 0.897. The highest BCUT2D eigenvalue weighted by molar-refractivity contribution is 9.10. The SMILES string of the molecule is CCn1ncc(N)c1C(=O)Nc1ccc(OC)c(Br)c1. The van der Waals surface area contributed by atoms with Gasteiger partial charge in [0.2, 0.25) is 0 Å². The summed E-state index contributed by atoms with van der Waals surface area (Å²) in [6.45, 7) is 2.47. The minimum absolute atomic E-state index is 0.293. The first-order chi connectivity index (χ1) is 9.56. The van der Waals surface area contributed by atoms with Gasteiger partial charge in [0.25, 0.3) is 5.91 Å². The van der Waals surface area contributed by atoms with Crippen molar-refractivity contribution in [3.63, 3.8) is 0 Å². The molecule has 0 aliphatic rings. The molecule has 2 rings (SSSR count). The average Bonchev–Trinajstić information content (AvgIpc) is 2.80. The van der Waals surface area contributed by atoms with Gasteiger partial charge in [0.15, 0.2) is 0 Å². The number of hydrogen-bond donors (Lipinski definition) is 2. The lowest BCUT2D eigenvalue weighted by Gasteiger charge is -2.09. The van der Waals surface area contributed by atoms with E-state index in [1.165, 1.54) is 6.20 Å². The van der Waals surface area contributed by atoms with Crippen molar-refractivity contribution in [2.24, 2.45) is 0 Å². The number of aromatic nitrogens is 2. The van der Waals surface area contributed by atoms with Crippen molar-refractivity contribution in [1.29, 1.82) is 0 Å². The Bertz CT molecular complexity index is 639. The van der Waals surface area contributed by atoms with E-state index < -0.39 is 0 Å². The highest BCUT2D eigenvalue weighted by Gasteiger charge is 2.16. The monoisotopic (exact) mass is 338 g/mol. The number of amides is 1. The molecule has 6 nitrogen and oxygen atoms in total. The van der Waals surface area contributed by atoms with Gasteiger partial charge in [0.1, 0.15) is 11.4 Å². The third kappa shape index (κ3) is 2.77. The number of nitrogens with one attached hydrogen (secondary N) is 1. The zero-order valence-corrected chi connectivity index (χ0v) is 12.8. The van der Waals surface area contributed by atoms with E-state index in [-0.39, 0.29) is 5.91 Å². The Hall–Kier alpha value is -2.02. The summed E-state index contributed by atoms with van der Waals surface area (Å²) in [6, 6.07) is 5.28. The second-order valence-electron chi connectivity index (χ2n) is 4.07. The smallest absolute Gasteiger partial charge is 0.276 e. The average molecular weight is 339 g/mol. The summed E-state index contributed by atoms with van der Waals surface area (Å²) in [4.78, 5) is 12.2. The number of aryl methyl sites for hydroxylation is 1. The van der Waals surface area contributed by atoms with Gasteiger partial charge in [-0.1, -0.05) is 0 Å². The molecule has 1 heterocycles. The van der Waals surface area contributed by atoms with Crippen LogP contribution >= 0.6 is 15.9 Å². The van der Waals surface area contributed by atoms with E-state index in [0.717, 1.165) is 4.47 Å². The predicted octanol–water partition coefficient (Wildman–Crippen LogP) is 2.51. The van der Waals surface area contributed by atoms with Crippen LogP contribution in [-0.4, -0.2) is 22.8 Å². The van der Waals surface area contributed by atoms with Gasteiger partial charge < -0.3 is 15.8 Å². The van der Waals surface area contributed by atoms with Crippen LogP contribution in [0.15, 0.2) is 28.9 Å². The fraction of sp³-hybridized carbons (Fsp3) is 0.231. The van der Waals surface area contributed by atoms with Crippen LogP contribution in [0.1, 0.15) is 17.4 Å². The molecule has 106 valence electrons. The molecule has 20 heavy (non-hydrogen) atoms. The highest BCUT2D eigenvalue weighted by atomic mass is 79.9. The van der Waals surface area contributed by atoms with Gasteiger partial charge in [-0.2, -0.15) is 5.10 Å². The van der Waals surface area contributed by atoms with E-state index >= 15 is 0 Å². The Morgan fingerprint density at radius 2 is 2.30 bits per heavy atom.